The molecule has 1 fully saturated rings. The number of ether oxygens (including phenoxy) is 1. The van der Waals surface area contributed by atoms with Crippen LogP contribution in [-0.4, -0.2) is 37.4 Å². The van der Waals surface area contributed by atoms with Crippen molar-refractivity contribution in [1.29, 1.82) is 0 Å². The molecule has 1 aliphatic rings. The van der Waals surface area contributed by atoms with Gasteiger partial charge >= 0.3 is 0 Å². The second-order valence-electron chi connectivity index (χ2n) is 6.00. The zero-order valence-corrected chi connectivity index (χ0v) is 13.0. The van der Waals surface area contributed by atoms with E-state index in [4.69, 9.17) is 4.74 Å². The first-order valence-corrected chi connectivity index (χ1v) is 7.82. The molecule has 1 atom stereocenters. The van der Waals surface area contributed by atoms with Crippen molar-refractivity contribution in [2.75, 3.05) is 26.4 Å². The highest BCUT2D eigenvalue weighted by atomic mass is 19.1. The molecule has 1 heterocycles. The lowest BCUT2D eigenvalue weighted by Crippen LogP contribution is -2.44. The molecule has 0 spiro atoms. The summed E-state index contributed by atoms with van der Waals surface area (Å²) in [5, 5.41) is 12.6. The van der Waals surface area contributed by atoms with Crippen LogP contribution in [0.1, 0.15) is 37.7 Å². The summed E-state index contributed by atoms with van der Waals surface area (Å²) in [5.74, 6) is -0.676. The van der Waals surface area contributed by atoms with Gasteiger partial charge in [0.2, 0.25) is 5.91 Å². The van der Waals surface area contributed by atoms with Gasteiger partial charge in [0.25, 0.3) is 0 Å². The topological polar surface area (TPSA) is 58.6 Å². The maximum Gasteiger partial charge on any atom is 0.227 e. The maximum absolute atomic E-state index is 13.0. The predicted octanol–water partition coefficient (Wildman–Crippen LogP) is 2.22. The summed E-state index contributed by atoms with van der Waals surface area (Å²) >= 11 is 0. The van der Waals surface area contributed by atoms with Gasteiger partial charge in [0, 0.05) is 25.2 Å². The number of rotatable bonds is 6. The minimum absolute atomic E-state index is 0.0456. The van der Waals surface area contributed by atoms with E-state index in [1.165, 1.54) is 12.1 Å². The Bertz CT molecular complexity index is 483. The Labute approximate surface area is 130 Å². The Balaban J connectivity index is 1.98. The average molecular weight is 309 g/mol. The van der Waals surface area contributed by atoms with E-state index in [1.807, 2.05) is 6.92 Å². The van der Waals surface area contributed by atoms with Gasteiger partial charge in [-0.05, 0) is 37.0 Å². The van der Waals surface area contributed by atoms with E-state index in [-0.39, 0.29) is 29.7 Å². The van der Waals surface area contributed by atoms with E-state index >= 15 is 0 Å². The van der Waals surface area contributed by atoms with Gasteiger partial charge in [-0.15, -0.1) is 0 Å². The number of aliphatic hydroxyl groups excluding tert-OH is 1. The summed E-state index contributed by atoms with van der Waals surface area (Å²) in [6, 6.07) is 6.05. The van der Waals surface area contributed by atoms with E-state index in [9.17, 15) is 14.3 Å². The normalized spacial score (nSPS) is 18.7. The first kappa shape index (κ1) is 16.9. The van der Waals surface area contributed by atoms with Crippen LogP contribution >= 0.6 is 0 Å². The molecule has 1 saturated heterocycles. The zero-order chi connectivity index (χ0) is 16.0. The van der Waals surface area contributed by atoms with Crippen molar-refractivity contribution < 1.29 is 19.0 Å². The fraction of sp³-hybridized carbons (Fsp3) is 0.588. The molecule has 1 aromatic carbocycles. The predicted molar refractivity (Wildman–Crippen MR) is 82.0 cm³/mol. The molecule has 0 aromatic heterocycles. The first-order chi connectivity index (χ1) is 10.6. The lowest BCUT2D eigenvalue weighted by Gasteiger charge is -2.35. The van der Waals surface area contributed by atoms with Crippen molar-refractivity contribution >= 4 is 5.91 Å². The van der Waals surface area contributed by atoms with Crippen molar-refractivity contribution in [1.82, 2.24) is 5.32 Å². The van der Waals surface area contributed by atoms with Crippen LogP contribution in [0.3, 0.4) is 0 Å². The van der Waals surface area contributed by atoms with Crippen LogP contribution in [0.2, 0.25) is 0 Å². The number of carbonyl (C=O) groups excluding carboxylic acids is 1. The number of benzene rings is 1. The molecule has 5 heteroatoms. The van der Waals surface area contributed by atoms with E-state index in [1.54, 1.807) is 12.1 Å². The Morgan fingerprint density at radius 3 is 2.55 bits per heavy atom. The second kappa shape index (κ2) is 7.70. The maximum atomic E-state index is 13.0. The van der Waals surface area contributed by atoms with E-state index in [0.29, 0.717) is 26.2 Å². The molecule has 2 N–H and O–H groups in total. The number of carbonyl (C=O) groups is 1. The largest absolute Gasteiger partial charge is 0.396 e. The SMILES string of the molecule is CCC(C(=O)NCC1(CO)CCOCC1)c1ccc(F)cc1. The number of halogens is 1. The van der Waals surface area contributed by atoms with Crippen LogP contribution in [0.5, 0.6) is 0 Å². The van der Waals surface area contributed by atoms with Crippen LogP contribution in [0, 0.1) is 11.2 Å². The summed E-state index contributed by atoms with van der Waals surface area (Å²) in [6.45, 7) is 3.66. The van der Waals surface area contributed by atoms with Crippen LogP contribution in [0.25, 0.3) is 0 Å². The Hall–Kier alpha value is -1.46. The average Bonchev–Trinajstić information content (AvgIpc) is 2.56. The Morgan fingerprint density at radius 1 is 1.36 bits per heavy atom. The van der Waals surface area contributed by atoms with E-state index < -0.39 is 0 Å². The summed E-state index contributed by atoms with van der Waals surface area (Å²) in [7, 11) is 0. The molecular weight excluding hydrogens is 285 g/mol. The van der Waals surface area contributed by atoms with Crippen LogP contribution in [0.15, 0.2) is 24.3 Å². The van der Waals surface area contributed by atoms with E-state index in [2.05, 4.69) is 5.32 Å². The highest BCUT2D eigenvalue weighted by Crippen LogP contribution is 2.29. The standard InChI is InChI=1S/C17H24FNO3/c1-2-15(13-3-5-14(18)6-4-13)16(21)19-11-17(12-20)7-9-22-10-8-17/h3-6,15,20H,2,7-12H2,1H3,(H,19,21). The molecule has 0 bridgehead atoms. The number of nitrogens with one attached hydrogen (secondary N) is 1. The minimum Gasteiger partial charge on any atom is -0.396 e. The number of amides is 1. The van der Waals surface area contributed by atoms with Gasteiger partial charge in [0.05, 0.1) is 12.5 Å². The highest BCUT2D eigenvalue weighted by Gasteiger charge is 2.33. The third kappa shape index (κ3) is 4.05. The molecule has 0 radical (unpaired) electrons. The van der Waals surface area contributed by atoms with Gasteiger partial charge in [-0.2, -0.15) is 0 Å². The molecule has 1 aliphatic heterocycles. The van der Waals surface area contributed by atoms with Crippen molar-refractivity contribution in [3.05, 3.63) is 35.6 Å². The third-order valence-corrected chi connectivity index (χ3v) is 4.52. The molecule has 1 unspecified atom stereocenters. The van der Waals surface area contributed by atoms with E-state index in [0.717, 1.165) is 18.4 Å². The van der Waals surface area contributed by atoms with Crippen molar-refractivity contribution in [3.8, 4) is 0 Å². The molecule has 2 rings (SSSR count). The summed E-state index contributed by atoms with van der Waals surface area (Å²) in [6.07, 6.45) is 2.14. The summed E-state index contributed by atoms with van der Waals surface area (Å²) in [4.78, 5) is 12.4. The number of hydrogen-bond acceptors (Lipinski definition) is 3. The zero-order valence-electron chi connectivity index (χ0n) is 13.0. The van der Waals surface area contributed by atoms with Gasteiger partial charge in [-0.25, -0.2) is 4.39 Å². The Kier molecular flexibility index (Phi) is 5.91. The molecule has 22 heavy (non-hydrogen) atoms. The molecule has 122 valence electrons. The number of hydrogen-bond donors (Lipinski definition) is 2. The van der Waals surface area contributed by atoms with Gasteiger partial charge in [0.15, 0.2) is 0 Å². The molecule has 0 saturated carbocycles. The lowest BCUT2D eigenvalue weighted by atomic mass is 9.81. The van der Waals surface area contributed by atoms with Gasteiger partial charge < -0.3 is 15.2 Å². The third-order valence-electron chi connectivity index (χ3n) is 4.52. The van der Waals surface area contributed by atoms with Crippen molar-refractivity contribution in [3.63, 3.8) is 0 Å². The summed E-state index contributed by atoms with van der Waals surface area (Å²) < 4.78 is 18.3. The molecular formula is C17H24FNO3. The minimum atomic E-state index is -0.305. The fourth-order valence-corrected chi connectivity index (χ4v) is 2.86. The fourth-order valence-electron chi connectivity index (χ4n) is 2.86. The molecule has 1 aromatic rings. The Morgan fingerprint density at radius 2 is 2.00 bits per heavy atom. The van der Waals surface area contributed by atoms with Gasteiger partial charge in [-0.3, -0.25) is 4.79 Å². The molecule has 1 amide bonds. The van der Waals surface area contributed by atoms with Crippen LogP contribution in [-0.2, 0) is 9.53 Å². The molecule has 4 nitrogen and oxygen atoms in total. The van der Waals surface area contributed by atoms with Gasteiger partial charge in [-0.1, -0.05) is 19.1 Å². The molecule has 0 aliphatic carbocycles. The van der Waals surface area contributed by atoms with Crippen molar-refractivity contribution in [2.24, 2.45) is 5.41 Å². The first-order valence-electron chi connectivity index (χ1n) is 7.82. The smallest absolute Gasteiger partial charge is 0.227 e. The highest BCUT2D eigenvalue weighted by molar-refractivity contribution is 5.83. The number of aliphatic hydroxyl groups is 1. The second-order valence-corrected chi connectivity index (χ2v) is 6.00. The van der Waals surface area contributed by atoms with Crippen molar-refractivity contribution in [2.45, 2.75) is 32.1 Å². The monoisotopic (exact) mass is 309 g/mol. The van der Waals surface area contributed by atoms with Crippen LogP contribution in [0.4, 0.5) is 4.39 Å². The lowest BCUT2D eigenvalue weighted by molar-refractivity contribution is -0.124. The summed E-state index contributed by atoms with van der Waals surface area (Å²) in [5.41, 5.74) is 0.529. The van der Waals surface area contributed by atoms with Gasteiger partial charge in [0.1, 0.15) is 5.82 Å². The quantitative estimate of drug-likeness (QED) is 0.847. The van der Waals surface area contributed by atoms with Crippen LogP contribution < -0.4 is 5.32 Å².